The van der Waals surface area contributed by atoms with Gasteiger partial charge in [0.2, 0.25) is 0 Å². The van der Waals surface area contributed by atoms with Crippen LogP contribution in [0.1, 0.15) is 51.4 Å². The molecule has 2 atom stereocenters. The van der Waals surface area contributed by atoms with E-state index in [1.165, 1.54) is 38.5 Å². The Hall–Kier alpha value is -0.330. The Labute approximate surface area is 73.5 Å². The Morgan fingerprint density at radius 2 is 1.75 bits per heavy atom. The topological polar surface area (TPSA) is 17.1 Å². The third kappa shape index (κ3) is 0.681. The van der Waals surface area contributed by atoms with E-state index < -0.39 is 0 Å². The van der Waals surface area contributed by atoms with E-state index in [2.05, 4.69) is 0 Å². The molecule has 0 aromatic heterocycles. The minimum Gasteiger partial charge on any atom is -0.300 e. The molecule has 3 rings (SSSR count). The van der Waals surface area contributed by atoms with E-state index in [-0.39, 0.29) is 0 Å². The van der Waals surface area contributed by atoms with E-state index in [1.54, 1.807) is 0 Å². The first kappa shape index (κ1) is 7.11. The molecule has 1 heteroatoms. The van der Waals surface area contributed by atoms with Gasteiger partial charge in [0.1, 0.15) is 5.78 Å². The van der Waals surface area contributed by atoms with Gasteiger partial charge in [0.05, 0.1) is 0 Å². The van der Waals surface area contributed by atoms with Gasteiger partial charge in [0.25, 0.3) is 0 Å². The number of ketones is 1. The molecule has 3 fully saturated rings. The van der Waals surface area contributed by atoms with Crippen LogP contribution in [0, 0.1) is 10.8 Å². The van der Waals surface area contributed by atoms with E-state index in [9.17, 15) is 4.79 Å². The standard InChI is InChI=1S/C11H16O/c12-9-3-6-10-4-1-2-5-11(10,7-9)8-10/h1-8H2/t10-,11+/m0/s1. The zero-order valence-electron chi connectivity index (χ0n) is 7.57. The van der Waals surface area contributed by atoms with Crippen LogP contribution in [0.2, 0.25) is 0 Å². The van der Waals surface area contributed by atoms with Gasteiger partial charge in [-0.2, -0.15) is 0 Å². The number of carbonyl (C=O) groups is 1. The van der Waals surface area contributed by atoms with Crippen molar-refractivity contribution in [2.24, 2.45) is 10.8 Å². The van der Waals surface area contributed by atoms with E-state index in [0.717, 1.165) is 12.8 Å². The Balaban J connectivity index is 1.90. The van der Waals surface area contributed by atoms with Crippen molar-refractivity contribution in [2.45, 2.75) is 51.4 Å². The van der Waals surface area contributed by atoms with Gasteiger partial charge >= 0.3 is 0 Å². The van der Waals surface area contributed by atoms with Crippen molar-refractivity contribution in [1.29, 1.82) is 0 Å². The van der Waals surface area contributed by atoms with Gasteiger partial charge in [0.15, 0.2) is 0 Å². The van der Waals surface area contributed by atoms with E-state index in [1.807, 2.05) is 0 Å². The van der Waals surface area contributed by atoms with Crippen LogP contribution in [0.15, 0.2) is 0 Å². The van der Waals surface area contributed by atoms with E-state index >= 15 is 0 Å². The summed E-state index contributed by atoms with van der Waals surface area (Å²) >= 11 is 0. The fourth-order valence-corrected chi connectivity index (χ4v) is 3.90. The lowest BCUT2D eigenvalue weighted by molar-refractivity contribution is -0.123. The highest BCUT2D eigenvalue weighted by Gasteiger charge is 2.68. The summed E-state index contributed by atoms with van der Waals surface area (Å²) in [5, 5.41) is 0. The first-order valence-corrected chi connectivity index (χ1v) is 5.28. The second-order valence-corrected chi connectivity index (χ2v) is 5.16. The Bertz CT molecular complexity index is 245. The lowest BCUT2D eigenvalue weighted by Gasteiger charge is -2.33. The SMILES string of the molecule is O=C1CC[C@]23CCCC[C@@]2(C1)C3. The fraction of sp³-hybridized carbons (Fsp3) is 0.909. The van der Waals surface area contributed by atoms with Crippen LogP contribution in [0.5, 0.6) is 0 Å². The van der Waals surface area contributed by atoms with Crippen molar-refractivity contribution in [2.75, 3.05) is 0 Å². The third-order valence-electron chi connectivity index (χ3n) is 4.66. The van der Waals surface area contributed by atoms with Crippen molar-refractivity contribution in [3.63, 3.8) is 0 Å². The van der Waals surface area contributed by atoms with Crippen LogP contribution in [-0.2, 0) is 4.79 Å². The molecular formula is C11H16O. The molecule has 0 unspecified atom stereocenters. The first-order valence-electron chi connectivity index (χ1n) is 5.28. The zero-order valence-corrected chi connectivity index (χ0v) is 7.57. The molecule has 3 aliphatic rings. The van der Waals surface area contributed by atoms with Gasteiger partial charge in [-0.15, -0.1) is 0 Å². The first-order chi connectivity index (χ1) is 5.77. The number of carbonyl (C=O) groups excluding carboxylic acids is 1. The summed E-state index contributed by atoms with van der Waals surface area (Å²) in [7, 11) is 0. The molecule has 0 aliphatic heterocycles. The highest BCUT2D eigenvalue weighted by atomic mass is 16.1. The molecule has 0 aromatic rings. The lowest BCUT2D eigenvalue weighted by Crippen LogP contribution is -2.27. The molecule has 3 aliphatic carbocycles. The smallest absolute Gasteiger partial charge is 0.133 e. The summed E-state index contributed by atoms with van der Waals surface area (Å²) in [5.74, 6) is 0.546. The van der Waals surface area contributed by atoms with Crippen LogP contribution in [0.25, 0.3) is 0 Å². The summed E-state index contributed by atoms with van der Waals surface area (Å²) in [6.45, 7) is 0. The second kappa shape index (κ2) is 1.94. The van der Waals surface area contributed by atoms with Gasteiger partial charge in [-0.1, -0.05) is 12.8 Å². The van der Waals surface area contributed by atoms with Crippen LogP contribution < -0.4 is 0 Å². The molecule has 0 aromatic carbocycles. The third-order valence-corrected chi connectivity index (χ3v) is 4.66. The highest BCUT2D eigenvalue weighted by molar-refractivity contribution is 5.81. The molecule has 1 nitrogen and oxygen atoms in total. The van der Waals surface area contributed by atoms with Crippen LogP contribution in [-0.4, -0.2) is 5.78 Å². The van der Waals surface area contributed by atoms with Crippen molar-refractivity contribution in [1.82, 2.24) is 0 Å². The van der Waals surface area contributed by atoms with Gasteiger partial charge in [0, 0.05) is 12.8 Å². The molecular weight excluding hydrogens is 148 g/mol. The molecule has 0 amide bonds. The maximum atomic E-state index is 11.3. The zero-order chi connectivity index (χ0) is 8.23. The van der Waals surface area contributed by atoms with Gasteiger partial charge in [-0.25, -0.2) is 0 Å². The van der Waals surface area contributed by atoms with Gasteiger partial charge < -0.3 is 0 Å². The fourth-order valence-electron chi connectivity index (χ4n) is 3.90. The van der Waals surface area contributed by atoms with E-state index in [0.29, 0.717) is 16.6 Å². The average Bonchev–Trinajstić information content (AvgIpc) is 2.72. The minimum atomic E-state index is 0.542. The maximum Gasteiger partial charge on any atom is 0.133 e. The predicted octanol–water partition coefficient (Wildman–Crippen LogP) is 2.69. The average molecular weight is 164 g/mol. The summed E-state index contributed by atoms with van der Waals surface area (Å²) in [6, 6.07) is 0. The molecule has 66 valence electrons. The second-order valence-electron chi connectivity index (χ2n) is 5.16. The number of hydrogen-bond donors (Lipinski definition) is 0. The quantitative estimate of drug-likeness (QED) is 0.538. The van der Waals surface area contributed by atoms with Gasteiger partial charge in [-0.3, -0.25) is 4.79 Å². The number of Topliss-reactive ketones (excluding diaryl/α,β-unsaturated/α-hetero) is 1. The molecule has 0 saturated heterocycles. The van der Waals surface area contributed by atoms with Crippen LogP contribution in [0.4, 0.5) is 0 Å². The van der Waals surface area contributed by atoms with Crippen molar-refractivity contribution in [3.05, 3.63) is 0 Å². The van der Waals surface area contributed by atoms with Crippen molar-refractivity contribution >= 4 is 5.78 Å². The monoisotopic (exact) mass is 164 g/mol. The largest absolute Gasteiger partial charge is 0.300 e. The molecule has 0 bridgehead atoms. The molecule has 0 spiro atoms. The van der Waals surface area contributed by atoms with Crippen LogP contribution >= 0.6 is 0 Å². The minimum absolute atomic E-state index is 0.542. The highest BCUT2D eigenvalue weighted by Crippen LogP contribution is 2.76. The number of hydrogen-bond acceptors (Lipinski definition) is 1. The molecule has 0 radical (unpaired) electrons. The molecule has 3 saturated carbocycles. The maximum absolute atomic E-state index is 11.3. The van der Waals surface area contributed by atoms with Gasteiger partial charge in [-0.05, 0) is 36.5 Å². The Kier molecular flexibility index (Phi) is 1.15. The summed E-state index contributed by atoms with van der Waals surface area (Å²) in [6.07, 6.45) is 10.1. The Morgan fingerprint density at radius 3 is 2.58 bits per heavy atom. The molecule has 0 heterocycles. The van der Waals surface area contributed by atoms with Crippen LogP contribution in [0.3, 0.4) is 0 Å². The van der Waals surface area contributed by atoms with Crippen molar-refractivity contribution in [3.8, 4) is 0 Å². The molecule has 0 N–H and O–H groups in total. The number of rotatable bonds is 0. The lowest BCUT2D eigenvalue weighted by atomic mass is 9.71. The molecule has 12 heavy (non-hydrogen) atoms. The predicted molar refractivity (Wildman–Crippen MR) is 46.8 cm³/mol. The van der Waals surface area contributed by atoms with Crippen molar-refractivity contribution < 1.29 is 4.79 Å². The summed E-state index contributed by atoms with van der Waals surface area (Å²) < 4.78 is 0. The van der Waals surface area contributed by atoms with E-state index in [4.69, 9.17) is 0 Å². The normalized spacial score (nSPS) is 51.2. The summed E-state index contributed by atoms with van der Waals surface area (Å²) in [4.78, 5) is 11.3. The summed E-state index contributed by atoms with van der Waals surface area (Å²) in [5.41, 5.74) is 1.22. The Morgan fingerprint density at radius 1 is 1.00 bits per heavy atom.